The summed E-state index contributed by atoms with van der Waals surface area (Å²) in [4.78, 5) is 21.2. The lowest BCUT2D eigenvalue weighted by Crippen LogP contribution is -2.35. The third kappa shape index (κ3) is 3.06. The Morgan fingerprint density at radius 3 is 2.00 bits per heavy atom. The fourth-order valence-electron chi connectivity index (χ4n) is 0.611. The van der Waals surface area contributed by atoms with Gasteiger partial charge in [-0.05, 0) is 20.3 Å². The zero-order valence-electron chi connectivity index (χ0n) is 7.37. The van der Waals surface area contributed by atoms with Crippen molar-refractivity contribution in [2.24, 2.45) is 5.41 Å². The highest BCUT2D eigenvalue weighted by atomic mass is 35.5. The second-order valence-corrected chi connectivity index (χ2v) is 3.53. The molecule has 0 saturated heterocycles. The van der Waals surface area contributed by atoms with Gasteiger partial charge in [-0.3, -0.25) is 9.59 Å². The van der Waals surface area contributed by atoms with Crippen LogP contribution in [-0.2, 0) is 9.59 Å². The van der Waals surface area contributed by atoms with Crippen LogP contribution < -0.4 is 0 Å². The van der Waals surface area contributed by atoms with Crippen molar-refractivity contribution >= 4 is 23.5 Å². The largest absolute Gasteiger partial charge is 0.480 e. The van der Waals surface area contributed by atoms with Crippen molar-refractivity contribution in [3.05, 3.63) is 11.1 Å². The molecular formula is C8H11ClO4. The molecule has 0 aromatic rings. The number of allylic oxidation sites excluding steroid dienone is 2. The van der Waals surface area contributed by atoms with Crippen LogP contribution in [0.5, 0.6) is 0 Å². The van der Waals surface area contributed by atoms with Gasteiger partial charge in [0.15, 0.2) is 5.41 Å². The van der Waals surface area contributed by atoms with Crippen LogP contribution >= 0.6 is 11.6 Å². The molecular weight excluding hydrogens is 196 g/mol. The Morgan fingerprint density at radius 1 is 1.38 bits per heavy atom. The molecule has 0 radical (unpaired) electrons. The maximum atomic E-state index is 10.6. The van der Waals surface area contributed by atoms with Crippen LogP contribution in [0, 0.1) is 5.41 Å². The van der Waals surface area contributed by atoms with E-state index in [0.29, 0.717) is 5.03 Å². The summed E-state index contributed by atoms with van der Waals surface area (Å²) in [5.74, 6) is -2.73. The average molecular weight is 207 g/mol. The summed E-state index contributed by atoms with van der Waals surface area (Å²) >= 11 is 5.47. The minimum atomic E-state index is -1.80. The number of carboxylic acid groups (broad SMARTS) is 2. The van der Waals surface area contributed by atoms with Gasteiger partial charge in [0.25, 0.3) is 0 Å². The molecule has 5 heteroatoms. The molecule has 0 rings (SSSR count). The number of aliphatic carboxylic acids is 2. The van der Waals surface area contributed by atoms with Crippen LogP contribution in [0.4, 0.5) is 0 Å². The molecule has 0 spiro atoms. The van der Waals surface area contributed by atoms with Gasteiger partial charge in [0.05, 0.1) is 0 Å². The molecule has 0 unspecified atom stereocenters. The molecule has 0 aliphatic rings. The molecule has 0 amide bonds. The highest BCUT2D eigenvalue weighted by molar-refractivity contribution is 6.29. The van der Waals surface area contributed by atoms with Gasteiger partial charge in [0.1, 0.15) is 0 Å². The molecule has 0 atom stereocenters. The third-order valence-corrected chi connectivity index (χ3v) is 1.89. The standard InChI is InChI=1S/C8H11ClO4/c1-5(9)3-4-8(2,6(10)11)7(12)13/h3H,4H2,1-2H3,(H,10,11)(H,12,13)/b5-3+. The number of rotatable bonds is 4. The van der Waals surface area contributed by atoms with E-state index in [2.05, 4.69) is 0 Å². The van der Waals surface area contributed by atoms with Crippen LogP contribution in [0.25, 0.3) is 0 Å². The Bertz CT molecular complexity index is 239. The number of hydrogen-bond donors (Lipinski definition) is 2. The van der Waals surface area contributed by atoms with Crippen molar-refractivity contribution in [2.75, 3.05) is 0 Å². The van der Waals surface area contributed by atoms with E-state index in [1.807, 2.05) is 0 Å². The van der Waals surface area contributed by atoms with Crippen LogP contribution in [0.2, 0.25) is 0 Å². The zero-order chi connectivity index (χ0) is 10.6. The number of carboxylic acids is 2. The molecule has 4 nitrogen and oxygen atoms in total. The molecule has 0 aliphatic heterocycles. The van der Waals surface area contributed by atoms with Crippen molar-refractivity contribution in [1.29, 1.82) is 0 Å². The first kappa shape index (κ1) is 12.0. The molecule has 0 aromatic carbocycles. The maximum absolute atomic E-state index is 10.6. The molecule has 0 bridgehead atoms. The molecule has 0 saturated carbocycles. The predicted octanol–water partition coefficient (Wildman–Crippen LogP) is 1.69. The smallest absolute Gasteiger partial charge is 0.321 e. The van der Waals surface area contributed by atoms with Gasteiger partial charge < -0.3 is 10.2 Å². The summed E-state index contributed by atoms with van der Waals surface area (Å²) in [6.45, 7) is 2.71. The summed E-state index contributed by atoms with van der Waals surface area (Å²) < 4.78 is 0. The lowest BCUT2D eigenvalue weighted by atomic mass is 9.87. The van der Waals surface area contributed by atoms with Crippen LogP contribution in [-0.4, -0.2) is 22.2 Å². The highest BCUT2D eigenvalue weighted by Crippen LogP contribution is 2.23. The Morgan fingerprint density at radius 2 is 1.77 bits per heavy atom. The SMILES string of the molecule is C/C(Cl)=C\CC(C)(C(=O)O)C(=O)O. The van der Waals surface area contributed by atoms with E-state index in [4.69, 9.17) is 21.8 Å². The van der Waals surface area contributed by atoms with E-state index < -0.39 is 17.4 Å². The summed E-state index contributed by atoms with van der Waals surface area (Å²) in [6, 6.07) is 0. The maximum Gasteiger partial charge on any atom is 0.321 e. The van der Waals surface area contributed by atoms with Gasteiger partial charge in [0.2, 0.25) is 0 Å². The van der Waals surface area contributed by atoms with Crippen molar-refractivity contribution in [3.8, 4) is 0 Å². The van der Waals surface area contributed by atoms with Gasteiger partial charge >= 0.3 is 11.9 Å². The van der Waals surface area contributed by atoms with E-state index >= 15 is 0 Å². The van der Waals surface area contributed by atoms with Crippen LogP contribution in [0.3, 0.4) is 0 Å². The first-order valence-corrected chi connectivity index (χ1v) is 3.97. The summed E-state index contributed by atoms with van der Waals surface area (Å²) in [7, 11) is 0. The normalized spacial score (nSPS) is 12.7. The molecule has 0 aliphatic carbocycles. The first-order valence-electron chi connectivity index (χ1n) is 3.59. The summed E-state index contributed by atoms with van der Waals surface area (Å²) in [5, 5.41) is 17.7. The second-order valence-electron chi connectivity index (χ2n) is 2.94. The Hall–Kier alpha value is -1.03. The van der Waals surface area contributed by atoms with E-state index in [1.165, 1.54) is 6.08 Å². The van der Waals surface area contributed by atoms with Gasteiger partial charge in [-0.1, -0.05) is 17.7 Å². The van der Waals surface area contributed by atoms with Gasteiger partial charge in [-0.2, -0.15) is 0 Å². The van der Waals surface area contributed by atoms with Crippen LogP contribution in [0.15, 0.2) is 11.1 Å². The van der Waals surface area contributed by atoms with E-state index in [-0.39, 0.29) is 6.42 Å². The zero-order valence-corrected chi connectivity index (χ0v) is 8.13. The van der Waals surface area contributed by atoms with Gasteiger partial charge in [-0.25, -0.2) is 0 Å². The molecule has 0 heterocycles. The molecule has 74 valence electrons. The molecule has 0 aromatic heterocycles. The second kappa shape index (κ2) is 4.28. The summed E-state index contributed by atoms with van der Waals surface area (Å²) in [5.41, 5.74) is -1.80. The predicted molar refractivity (Wildman–Crippen MR) is 47.6 cm³/mol. The quantitative estimate of drug-likeness (QED) is 0.687. The van der Waals surface area contributed by atoms with Gasteiger partial charge in [-0.15, -0.1) is 0 Å². The number of hydrogen-bond acceptors (Lipinski definition) is 2. The van der Waals surface area contributed by atoms with E-state index in [1.54, 1.807) is 6.92 Å². The first-order chi connectivity index (χ1) is 5.80. The molecule has 0 fully saturated rings. The van der Waals surface area contributed by atoms with Crippen molar-refractivity contribution in [1.82, 2.24) is 0 Å². The third-order valence-electron chi connectivity index (χ3n) is 1.74. The molecule has 2 N–H and O–H groups in total. The number of carbonyl (C=O) groups is 2. The lowest BCUT2D eigenvalue weighted by Gasteiger charge is -2.17. The topological polar surface area (TPSA) is 74.6 Å². The fourth-order valence-corrected chi connectivity index (χ4v) is 0.688. The fraction of sp³-hybridized carbons (Fsp3) is 0.500. The minimum absolute atomic E-state index is 0.118. The highest BCUT2D eigenvalue weighted by Gasteiger charge is 2.40. The summed E-state index contributed by atoms with van der Waals surface area (Å²) in [6.07, 6.45) is 1.26. The van der Waals surface area contributed by atoms with Crippen molar-refractivity contribution in [2.45, 2.75) is 20.3 Å². The Balaban J connectivity index is 4.73. The van der Waals surface area contributed by atoms with E-state index in [9.17, 15) is 9.59 Å². The van der Waals surface area contributed by atoms with Crippen molar-refractivity contribution < 1.29 is 19.8 Å². The lowest BCUT2D eigenvalue weighted by molar-refractivity contribution is -0.162. The minimum Gasteiger partial charge on any atom is -0.480 e. The number of halogens is 1. The Labute approximate surface area is 80.8 Å². The van der Waals surface area contributed by atoms with Crippen LogP contribution in [0.1, 0.15) is 20.3 Å². The average Bonchev–Trinajstić information content (AvgIpc) is 1.99. The van der Waals surface area contributed by atoms with Gasteiger partial charge in [0, 0.05) is 5.03 Å². The molecule has 13 heavy (non-hydrogen) atoms. The monoisotopic (exact) mass is 206 g/mol. The Kier molecular flexibility index (Phi) is 3.94. The van der Waals surface area contributed by atoms with E-state index in [0.717, 1.165) is 6.92 Å². The van der Waals surface area contributed by atoms with Crippen molar-refractivity contribution in [3.63, 3.8) is 0 Å².